The fraction of sp³-hybridized carbons (Fsp3) is 0.462. The Labute approximate surface area is 117 Å². The molecule has 0 aromatic heterocycles. The van der Waals surface area contributed by atoms with Crippen molar-refractivity contribution in [3.05, 3.63) is 35.1 Å². The summed E-state index contributed by atoms with van der Waals surface area (Å²) in [5.74, 6) is -0.0130. The predicted molar refractivity (Wildman–Crippen MR) is 69.5 cm³/mol. The highest BCUT2D eigenvalue weighted by Crippen LogP contribution is 2.31. The molecule has 1 aromatic rings. The van der Waals surface area contributed by atoms with Crippen LogP contribution in [0, 0.1) is 5.82 Å². The lowest BCUT2D eigenvalue weighted by molar-refractivity contribution is -0.140. The molecule has 7 heteroatoms. The van der Waals surface area contributed by atoms with Crippen LogP contribution in [-0.4, -0.2) is 29.9 Å². The average molecular weight is 307 g/mol. The molecule has 0 radical (unpaired) electrons. The number of carbonyl (C=O) groups is 1. The number of Topliss-reactive ketones (excluding diaryl/α,β-unsaturated/α-hetero) is 1. The second-order valence-corrected chi connectivity index (χ2v) is 5.70. The number of alkyl halides is 3. The van der Waals surface area contributed by atoms with Gasteiger partial charge in [0.15, 0.2) is 5.78 Å². The van der Waals surface area contributed by atoms with Crippen molar-refractivity contribution in [3.63, 3.8) is 0 Å². The largest absolute Gasteiger partial charge is 0.419 e. The summed E-state index contributed by atoms with van der Waals surface area (Å²) in [5, 5.41) is 3.15. The van der Waals surface area contributed by atoms with Crippen molar-refractivity contribution in [2.75, 3.05) is 18.1 Å². The van der Waals surface area contributed by atoms with Crippen molar-refractivity contribution in [1.29, 1.82) is 0 Å². The third-order valence-electron chi connectivity index (χ3n) is 3.03. The maximum atomic E-state index is 13.4. The Hall–Kier alpha value is -1.08. The highest BCUT2D eigenvalue weighted by atomic mass is 32.2. The first-order valence-electron chi connectivity index (χ1n) is 6.09. The number of thioether (sulfide) groups is 1. The van der Waals surface area contributed by atoms with Gasteiger partial charge in [-0.25, -0.2) is 4.39 Å². The summed E-state index contributed by atoms with van der Waals surface area (Å²) in [5.41, 5.74) is -1.37. The van der Waals surface area contributed by atoms with Crippen LogP contribution in [0.1, 0.15) is 22.3 Å². The molecule has 1 aliphatic rings. The fourth-order valence-corrected chi connectivity index (χ4v) is 2.96. The van der Waals surface area contributed by atoms with E-state index in [4.69, 9.17) is 0 Å². The molecule has 0 bridgehead atoms. The van der Waals surface area contributed by atoms with Gasteiger partial charge >= 0.3 is 6.18 Å². The number of hydrogen-bond donors (Lipinski definition) is 1. The van der Waals surface area contributed by atoms with Crippen LogP contribution in [0.15, 0.2) is 18.2 Å². The molecule has 110 valence electrons. The van der Waals surface area contributed by atoms with Crippen LogP contribution in [0.25, 0.3) is 0 Å². The van der Waals surface area contributed by atoms with Crippen LogP contribution in [0.2, 0.25) is 0 Å². The molecule has 1 heterocycles. The summed E-state index contributed by atoms with van der Waals surface area (Å²) >= 11 is 1.71. The SMILES string of the molecule is O=C(CC1CSCCN1)c1ccc(C(F)(F)F)c(F)c1. The van der Waals surface area contributed by atoms with E-state index in [1.54, 1.807) is 11.8 Å². The molecule has 2 rings (SSSR count). The lowest BCUT2D eigenvalue weighted by Crippen LogP contribution is -2.38. The van der Waals surface area contributed by atoms with Crippen molar-refractivity contribution in [2.45, 2.75) is 18.6 Å². The smallest absolute Gasteiger partial charge is 0.312 e. The zero-order valence-corrected chi connectivity index (χ0v) is 11.3. The van der Waals surface area contributed by atoms with Gasteiger partial charge in [-0.1, -0.05) is 6.07 Å². The van der Waals surface area contributed by atoms with Crippen molar-refractivity contribution in [2.24, 2.45) is 0 Å². The van der Waals surface area contributed by atoms with E-state index in [0.29, 0.717) is 12.1 Å². The monoisotopic (exact) mass is 307 g/mol. The second-order valence-electron chi connectivity index (χ2n) is 4.55. The van der Waals surface area contributed by atoms with Gasteiger partial charge in [0.2, 0.25) is 0 Å². The Morgan fingerprint density at radius 2 is 2.15 bits per heavy atom. The molecule has 1 atom stereocenters. The summed E-state index contributed by atoms with van der Waals surface area (Å²) in [7, 11) is 0. The third kappa shape index (κ3) is 3.73. The number of ketones is 1. The van der Waals surface area contributed by atoms with Crippen LogP contribution in [0.4, 0.5) is 17.6 Å². The van der Waals surface area contributed by atoms with Crippen molar-refractivity contribution >= 4 is 17.5 Å². The molecule has 1 fully saturated rings. The number of benzene rings is 1. The Morgan fingerprint density at radius 1 is 1.40 bits per heavy atom. The topological polar surface area (TPSA) is 29.1 Å². The normalized spacial score (nSPS) is 19.9. The highest BCUT2D eigenvalue weighted by Gasteiger charge is 2.34. The molecule has 1 unspecified atom stereocenters. The van der Waals surface area contributed by atoms with Crippen LogP contribution in [-0.2, 0) is 6.18 Å². The molecule has 1 aromatic carbocycles. The van der Waals surface area contributed by atoms with Crippen LogP contribution < -0.4 is 5.32 Å². The molecule has 0 saturated carbocycles. The third-order valence-corrected chi connectivity index (χ3v) is 4.16. The fourth-order valence-electron chi connectivity index (χ4n) is 2.01. The van der Waals surface area contributed by atoms with E-state index in [9.17, 15) is 22.4 Å². The first-order valence-corrected chi connectivity index (χ1v) is 7.24. The molecular formula is C13H13F4NOS. The minimum absolute atomic E-state index is 0.00777. The van der Waals surface area contributed by atoms with E-state index < -0.39 is 17.6 Å². The molecule has 1 aliphatic heterocycles. The van der Waals surface area contributed by atoms with Gasteiger partial charge in [0, 0.05) is 36.1 Å². The summed E-state index contributed by atoms with van der Waals surface area (Å²) in [6, 6.07) is 2.31. The van der Waals surface area contributed by atoms with Gasteiger partial charge in [-0.15, -0.1) is 0 Å². The molecule has 0 amide bonds. The van der Waals surface area contributed by atoms with Gasteiger partial charge in [0.05, 0.1) is 5.56 Å². The maximum absolute atomic E-state index is 13.4. The first-order chi connectivity index (χ1) is 9.38. The number of rotatable bonds is 3. The Morgan fingerprint density at radius 3 is 2.70 bits per heavy atom. The molecular weight excluding hydrogens is 294 g/mol. The zero-order valence-electron chi connectivity index (χ0n) is 10.5. The summed E-state index contributed by atoms with van der Waals surface area (Å²) in [4.78, 5) is 11.9. The Kier molecular flexibility index (Phi) is 4.70. The second kappa shape index (κ2) is 6.13. The van der Waals surface area contributed by atoms with Crippen LogP contribution >= 0.6 is 11.8 Å². The van der Waals surface area contributed by atoms with Crippen molar-refractivity contribution < 1.29 is 22.4 Å². The minimum Gasteiger partial charge on any atom is -0.312 e. The predicted octanol–water partition coefficient (Wildman–Crippen LogP) is 3.12. The van der Waals surface area contributed by atoms with E-state index in [2.05, 4.69) is 5.32 Å². The van der Waals surface area contributed by atoms with Crippen molar-refractivity contribution in [3.8, 4) is 0 Å². The maximum Gasteiger partial charge on any atom is 0.419 e. The molecule has 1 saturated heterocycles. The van der Waals surface area contributed by atoms with E-state index in [1.807, 2.05) is 0 Å². The van der Waals surface area contributed by atoms with E-state index in [0.717, 1.165) is 24.1 Å². The van der Waals surface area contributed by atoms with Gasteiger partial charge in [-0.05, 0) is 12.1 Å². The quantitative estimate of drug-likeness (QED) is 0.687. The highest BCUT2D eigenvalue weighted by molar-refractivity contribution is 7.99. The molecule has 1 N–H and O–H groups in total. The molecule has 2 nitrogen and oxygen atoms in total. The number of halogens is 4. The molecule has 0 aliphatic carbocycles. The van der Waals surface area contributed by atoms with Crippen LogP contribution in [0.5, 0.6) is 0 Å². The number of hydrogen-bond acceptors (Lipinski definition) is 3. The Bertz CT molecular complexity index is 498. The standard InChI is InChI=1S/C13H13F4NOS/c14-11-5-8(1-2-10(11)13(15,16)17)12(19)6-9-7-20-4-3-18-9/h1-2,5,9,18H,3-4,6-7H2. The number of nitrogens with one attached hydrogen (secondary N) is 1. The van der Waals surface area contributed by atoms with Gasteiger partial charge in [0.1, 0.15) is 5.82 Å². The van der Waals surface area contributed by atoms with Gasteiger partial charge in [0.25, 0.3) is 0 Å². The summed E-state index contributed by atoms with van der Waals surface area (Å²) < 4.78 is 50.6. The average Bonchev–Trinajstić information content (AvgIpc) is 2.38. The van der Waals surface area contributed by atoms with Crippen LogP contribution in [0.3, 0.4) is 0 Å². The van der Waals surface area contributed by atoms with Gasteiger partial charge in [-0.2, -0.15) is 24.9 Å². The van der Waals surface area contributed by atoms with Crippen molar-refractivity contribution in [1.82, 2.24) is 5.32 Å². The van der Waals surface area contributed by atoms with Gasteiger partial charge in [-0.3, -0.25) is 4.79 Å². The van der Waals surface area contributed by atoms with E-state index >= 15 is 0 Å². The lowest BCUT2D eigenvalue weighted by atomic mass is 10.0. The summed E-state index contributed by atoms with van der Waals surface area (Å²) in [6.45, 7) is 0.796. The Balaban J connectivity index is 2.09. The lowest BCUT2D eigenvalue weighted by Gasteiger charge is -2.22. The van der Waals surface area contributed by atoms with Gasteiger partial charge < -0.3 is 5.32 Å². The van der Waals surface area contributed by atoms with E-state index in [-0.39, 0.29) is 23.8 Å². The van der Waals surface area contributed by atoms with E-state index in [1.165, 1.54) is 0 Å². The zero-order chi connectivity index (χ0) is 14.8. The molecule has 0 spiro atoms. The molecule has 20 heavy (non-hydrogen) atoms. The minimum atomic E-state index is -4.74. The number of carbonyl (C=O) groups excluding carboxylic acids is 1. The summed E-state index contributed by atoms with van der Waals surface area (Å²) in [6.07, 6.45) is -4.58. The first kappa shape index (κ1) is 15.3.